The maximum atomic E-state index is 5.92. The van der Waals surface area contributed by atoms with E-state index < -0.39 is 0 Å². The zero-order chi connectivity index (χ0) is 26.4. The fourth-order valence-corrected chi connectivity index (χ4v) is 4.98. The summed E-state index contributed by atoms with van der Waals surface area (Å²) in [5.41, 5.74) is 8.20. The average molecular weight is 514 g/mol. The molecule has 0 atom stereocenters. The van der Waals surface area contributed by atoms with Crippen LogP contribution < -0.4 is 19.1 Å². The van der Waals surface area contributed by atoms with E-state index in [9.17, 15) is 0 Å². The van der Waals surface area contributed by atoms with E-state index in [1.165, 1.54) is 11.1 Å². The van der Waals surface area contributed by atoms with E-state index in [2.05, 4.69) is 90.1 Å². The van der Waals surface area contributed by atoms with Crippen molar-refractivity contribution < 1.29 is 14.2 Å². The van der Waals surface area contributed by atoms with Crippen LogP contribution in [0.4, 0.5) is 5.69 Å². The van der Waals surface area contributed by atoms with Crippen molar-refractivity contribution in [3.8, 4) is 17.2 Å². The Labute approximate surface area is 230 Å². The molecule has 0 aliphatic carbocycles. The normalized spacial score (nSPS) is 16.3. The largest absolute Gasteiger partial charge is 0.497 e. The Kier molecular flexibility index (Phi) is 7.17. The molecule has 4 nitrogen and oxygen atoms in total. The summed E-state index contributed by atoms with van der Waals surface area (Å²) in [5, 5.41) is 0. The standard InChI is InChI=1S/C35H31NO3/c1-37-31-18-14-27(15-19-31)11-10-26-12-16-30(17-13-26)36(24-28-20-22-38-34-8-4-2-6-32(28)34)25-29-21-23-39-35-9-5-3-7-33(29)35/h2-19,24-25H,20-23H2,1H3/b11-10+,28-24+,29-25+. The molecule has 39 heavy (non-hydrogen) atoms. The number of anilines is 1. The number of ether oxygens (including phenoxy) is 3. The van der Waals surface area contributed by atoms with E-state index in [0.29, 0.717) is 13.2 Å². The van der Waals surface area contributed by atoms with Gasteiger partial charge in [0.05, 0.1) is 20.3 Å². The Morgan fingerprint density at radius 2 is 1.10 bits per heavy atom. The van der Waals surface area contributed by atoms with E-state index in [0.717, 1.165) is 58.0 Å². The smallest absolute Gasteiger partial charge is 0.126 e. The molecule has 6 rings (SSSR count). The van der Waals surface area contributed by atoms with Crippen LogP contribution in [0.2, 0.25) is 0 Å². The van der Waals surface area contributed by atoms with E-state index in [4.69, 9.17) is 14.2 Å². The van der Waals surface area contributed by atoms with Gasteiger partial charge >= 0.3 is 0 Å². The maximum Gasteiger partial charge on any atom is 0.126 e. The predicted molar refractivity (Wildman–Crippen MR) is 160 cm³/mol. The Balaban J connectivity index is 1.34. The molecule has 4 heteroatoms. The van der Waals surface area contributed by atoms with E-state index in [1.54, 1.807) is 7.11 Å². The summed E-state index contributed by atoms with van der Waals surface area (Å²) in [6, 6.07) is 33.3. The summed E-state index contributed by atoms with van der Waals surface area (Å²) in [4.78, 5) is 2.26. The maximum absolute atomic E-state index is 5.92. The van der Waals surface area contributed by atoms with E-state index in [1.807, 2.05) is 36.4 Å². The molecule has 0 unspecified atom stereocenters. The average Bonchev–Trinajstić information content (AvgIpc) is 3.00. The lowest BCUT2D eigenvalue weighted by molar-refractivity contribution is 0.316. The molecule has 194 valence electrons. The van der Waals surface area contributed by atoms with Crippen molar-refractivity contribution in [3.63, 3.8) is 0 Å². The summed E-state index contributed by atoms with van der Waals surface area (Å²) in [5.74, 6) is 2.75. The molecule has 0 amide bonds. The van der Waals surface area contributed by atoms with Crippen LogP contribution in [-0.4, -0.2) is 20.3 Å². The van der Waals surface area contributed by atoms with Gasteiger partial charge in [0.1, 0.15) is 17.2 Å². The minimum absolute atomic E-state index is 0.680. The van der Waals surface area contributed by atoms with Crippen LogP contribution in [0.15, 0.2) is 109 Å². The number of rotatable bonds is 6. The van der Waals surface area contributed by atoms with Crippen molar-refractivity contribution in [1.82, 2.24) is 0 Å². The lowest BCUT2D eigenvalue weighted by atomic mass is 9.99. The summed E-state index contributed by atoms with van der Waals surface area (Å²) >= 11 is 0. The SMILES string of the molecule is COc1ccc(/C=C/c2ccc(N(/C=C3\CCOc4ccccc43)/C=C3\CCOc4ccccc43)cc2)cc1. The first kappa shape index (κ1) is 24.6. The minimum Gasteiger partial charge on any atom is -0.497 e. The molecular formula is C35H31NO3. The lowest BCUT2D eigenvalue weighted by Gasteiger charge is -2.26. The topological polar surface area (TPSA) is 30.9 Å². The number of hydrogen-bond acceptors (Lipinski definition) is 4. The highest BCUT2D eigenvalue weighted by Crippen LogP contribution is 2.36. The molecule has 0 saturated heterocycles. The zero-order valence-corrected chi connectivity index (χ0v) is 22.0. The minimum atomic E-state index is 0.680. The van der Waals surface area contributed by atoms with Gasteiger partial charge in [-0.1, -0.05) is 72.8 Å². The van der Waals surface area contributed by atoms with Gasteiger partial charge in [0.2, 0.25) is 0 Å². The summed E-state index contributed by atoms with van der Waals surface area (Å²) in [6.45, 7) is 1.36. The van der Waals surface area contributed by atoms with E-state index >= 15 is 0 Å². The van der Waals surface area contributed by atoms with Crippen molar-refractivity contribution in [1.29, 1.82) is 0 Å². The number of para-hydroxylation sites is 2. The quantitative estimate of drug-likeness (QED) is 0.243. The highest BCUT2D eigenvalue weighted by atomic mass is 16.5. The second-order valence-corrected chi connectivity index (χ2v) is 9.60. The highest BCUT2D eigenvalue weighted by molar-refractivity contribution is 5.79. The number of fused-ring (bicyclic) bond motifs is 2. The number of hydrogen-bond donors (Lipinski definition) is 0. The van der Waals surface area contributed by atoms with Crippen LogP contribution in [0.25, 0.3) is 23.3 Å². The lowest BCUT2D eigenvalue weighted by Crippen LogP contribution is -2.15. The molecule has 0 bridgehead atoms. The Morgan fingerprint density at radius 1 is 0.615 bits per heavy atom. The third-order valence-electron chi connectivity index (χ3n) is 7.09. The van der Waals surface area contributed by atoms with Gasteiger partial charge in [-0.25, -0.2) is 0 Å². The molecule has 0 aromatic heterocycles. The summed E-state index contributed by atoms with van der Waals surface area (Å²) < 4.78 is 17.1. The van der Waals surface area contributed by atoms with Crippen LogP contribution in [0.1, 0.15) is 35.1 Å². The first-order valence-corrected chi connectivity index (χ1v) is 13.3. The molecule has 0 radical (unpaired) electrons. The van der Waals surface area contributed by atoms with Gasteiger partial charge in [0.25, 0.3) is 0 Å². The Hall–Kier alpha value is -4.70. The third kappa shape index (κ3) is 5.60. The molecule has 2 aliphatic heterocycles. The number of nitrogens with zero attached hydrogens (tertiary/aromatic N) is 1. The Morgan fingerprint density at radius 3 is 1.62 bits per heavy atom. The van der Waals surface area contributed by atoms with Crippen molar-refractivity contribution in [2.75, 3.05) is 25.2 Å². The van der Waals surface area contributed by atoms with Crippen molar-refractivity contribution in [2.24, 2.45) is 0 Å². The monoisotopic (exact) mass is 513 g/mol. The van der Waals surface area contributed by atoms with E-state index in [-0.39, 0.29) is 0 Å². The van der Waals surface area contributed by atoms with Crippen molar-refractivity contribution >= 4 is 29.0 Å². The molecular weight excluding hydrogens is 482 g/mol. The van der Waals surface area contributed by atoms with Gasteiger partial charge in [-0.2, -0.15) is 0 Å². The van der Waals surface area contributed by atoms with Crippen LogP contribution in [0.5, 0.6) is 17.2 Å². The summed E-state index contributed by atoms with van der Waals surface area (Å²) in [7, 11) is 1.68. The zero-order valence-electron chi connectivity index (χ0n) is 22.0. The van der Waals surface area contributed by atoms with Gasteiger partial charge in [-0.05, 0) is 58.7 Å². The Bertz CT molecular complexity index is 1460. The van der Waals surface area contributed by atoms with Gasteiger partial charge in [-0.15, -0.1) is 0 Å². The molecule has 0 fully saturated rings. The van der Waals surface area contributed by atoms with Crippen LogP contribution >= 0.6 is 0 Å². The first-order valence-electron chi connectivity index (χ1n) is 13.3. The molecule has 4 aromatic carbocycles. The van der Waals surface area contributed by atoms with Gasteiger partial charge in [0.15, 0.2) is 0 Å². The van der Waals surface area contributed by atoms with Crippen LogP contribution in [0, 0.1) is 0 Å². The molecule has 0 spiro atoms. The van der Waals surface area contributed by atoms with Gasteiger partial charge in [0, 0.05) is 42.1 Å². The first-order chi connectivity index (χ1) is 19.3. The van der Waals surface area contributed by atoms with Crippen LogP contribution in [0.3, 0.4) is 0 Å². The third-order valence-corrected chi connectivity index (χ3v) is 7.09. The molecule has 0 N–H and O–H groups in total. The number of benzene rings is 4. The highest BCUT2D eigenvalue weighted by Gasteiger charge is 2.18. The second kappa shape index (κ2) is 11.4. The molecule has 2 heterocycles. The molecule has 2 aliphatic rings. The molecule has 4 aromatic rings. The van der Waals surface area contributed by atoms with Crippen molar-refractivity contribution in [3.05, 3.63) is 132 Å². The fourth-order valence-electron chi connectivity index (χ4n) is 4.98. The van der Waals surface area contributed by atoms with Crippen LogP contribution in [-0.2, 0) is 0 Å². The molecule has 0 saturated carbocycles. The number of methoxy groups -OCH3 is 1. The predicted octanol–water partition coefficient (Wildman–Crippen LogP) is 8.32. The second-order valence-electron chi connectivity index (χ2n) is 9.60. The van der Waals surface area contributed by atoms with Gasteiger partial charge < -0.3 is 19.1 Å². The fraction of sp³-hybridized carbons (Fsp3) is 0.143. The van der Waals surface area contributed by atoms with Crippen molar-refractivity contribution in [2.45, 2.75) is 12.8 Å². The summed E-state index contributed by atoms with van der Waals surface area (Å²) in [6.07, 6.45) is 10.5. The van der Waals surface area contributed by atoms with Gasteiger partial charge in [-0.3, -0.25) is 0 Å².